The van der Waals surface area contributed by atoms with E-state index in [1.165, 1.54) is 12.1 Å². The molecule has 138 valence electrons. The lowest BCUT2D eigenvalue weighted by Crippen LogP contribution is -2.15. The number of aliphatic hydroxyl groups excluding tert-OH is 1. The normalized spacial score (nSPS) is 10.2. The Bertz CT molecular complexity index is 761. The number of esters is 1. The zero-order valence-electron chi connectivity index (χ0n) is 14.3. The Morgan fingerprint density at radius 2 is 1.92 bits per heavy atom. The van der Waals surface area contributed by atoms with E-state index in [0.29, 0.717) is 11.4 Å². The number of anilines is 1. The molecule has 0 aliphatic rings. The van der Waals surface area contributed by atoms with Crippen LogP contribution in [0.4, 0.5) is 11.4 Å². The van der Waals surface area contributed by atoms with Crippen molar-refractivity contribution in [3.8, 4) is 5.75 Å². The fourth-order valence-electron chi connectivity index (χ4n) is 2.17. The second-order valence-electron chi connectivity index (χ2n) is 5.43. The van der Waals surface area contributed by atoms with Crippen LogP contribution in [0.1, 0.15) is 15.9 Å². The molecule has 0 fully saturated rings. The molecule has 0 amide bonds. The fourth-order valence-corrected chi connectivity index (χ4v) is 2.17. The third-order valence-electron chi connectivity index (χ3n) is 3.47. The molecular weight excluding hydrogens is 340 g/mol. The van der Waals surface area contributed by atoms with Gasteiger partial charge in [0.25, 0.3) is 5.69 Å². The molecule has 0 atom stereocenters. The number of nitrogens with one attached hydrogen (secondary N) is 1. The fraction of sp³-hybridized carbons (Fsp3) is 0.278. The van der Waals surface area contributed by atoms with Crippen molar-refractivity contribution < 1.29 is 24.3 Å². The first-order valence-corrected chi connectivity index (χ1v) is 8.01. The van der Waals surface area contributed by atoms with Crippen molar-refractivity contribution in [3.05, 3.63) is 63.7 Å². The van der Waals surface area contributed by atoms with Gasteiger partial charge in [0.15, 0.2) is 0 Å². The third kappa shape index (κ3) is 5.45. The molecule has 2 aromatic rings. The minimum atomic E-state index is -0.707. The highest BCUT2D eigenvalue weighted by Gasteiger charge is 2.18. The van der Waals surface area contributed by atoms with Crippen LogP contribution in [0.3, 0.4) is 0 Å². The summed E-state index contributed by atoms with van der Waals surface area (Å²) in [5.41, 5.74) is 1.27. The molecule has 0 spiro atoms. The van der Waals surface area contributed by atoms with Gasteiger partial charge < -0.3 is 19.9 Å². The van der Waals surface area contributed by atoms with Crippen molar-refractivity contribution in [2.45, 2.75) is 6.92 Å². The number of non-ortho nitro benzene ring substituents is 1. The van der Waals surface area contributed by atoms with Crippen LogP contribution < -0.4 is 10.1 Å². The van der Waals surface area contributed by atoms with Gasteiger partial charge in [-0.25, -0.2) is 4.79 Å². The number of nitro benzene ring substituents is 1. The number of hydrogen-bond donors (Lipinski definition) is 2. The summed E-state index contributed by atoms with van der Waals surface area (Å²) in [6, 6.07) is 11.3. The molecular formula is C18H20N2O6. The number of aliphatic hydroxyl groups is 1. The summed E-state index contributed by atoms with van der Waals surface area (Å²) in [5, 5.41) is 22.6. The summed E-state index contributed by atoms with van der Waals surface area (Å²) in [6.45, 7) is 2.18. The van der Waals surface area contributed by atoms with Gasteiger partial charge in [0, 0.05) is 24.4 Å². The average molecular weight is 360 g/mol. The van der Waals surface area contributed by atoms with E-state index in [-0.39, 0.29) is 37.6 Å². The van der Waals surface area contributed by atoms with E-state index in [0.717, 1.165) is 11.6 Å². The van der Waals surface area contributed by atoms with Crippen molar-refractivity contribution >= 4 is 17.3 Å². The Labute approximate surface area is 150 Å². The van der Waals surface area contributed by atoms with Crippen molar-refractivity contribution in [3.63, 3.8) is 0 Å². The Hall–Kier alpha value is -3.13. The summed E-state index contributed by atoms with van der Waals surface area (Å²) in [4.78, 5) is 22.6. The van der Waals surface area contributed by atoms with Gasteiger partial charge in [0.05, 0.1) is 17.1 Å². The van der Waals surface area contributed by atoms with Gasteiger partial charge in [-0.15, -0.1) is 0 Å². The number of benzene rings is 2. The van der Waals surface area contributed by atoms with E-state index in [1.807, 2.05) is 31.2 Å². The molecule has 0 saturated heterocycles. The molecule has 8 nitrogen and oxygen atoms in total. The van der Waals surface area contributed by atoms with E-state index in [2.05, 4.69) is 5.32 Å². The molecule has 0 heterocycles. The predicted octanol–water partition coefficient (Wildman–Crippen LogP) is 2.54. The number of carbonyl (C=O) groups excluding carboxylic acids is 1. The van der Waals surface area contributed by atoms with Gasteiger partial charge in [-0.3, -0.25) is 10.1 Å². The molecule has 0 unspecified atom stereocenters. The SMILES string of the molecule is Cc1ccc(OCCOC(=O)c2cc([N+](=O)[O-])ccc2NCCO)cc1. The largest absolute Gasteiger partial charge is 0.490 e. The number of hydrogen-bond acceptors (Lipinski definition) is 7. The maximum Gasteiger partial charge on any atom is 0.340 e. The molecule has 26 heavy (non-hydrogen) atoms. The van der Waals surface area contributed by atoms with Crippen LogP contribution >= 0.6 is 0 Å². The van der Waals surface area contributed by atoms with Crippen LogP contribution in [-0.4, -0.2) is 42.4 Å². The number of nitro groups is 1. The van der Waals surface area contributed by atoms with Crippen LogP contribution in [0, 0.1) is 17.0 Å². The van der Waals surface area contributed by atoms with Crippen LogP contribution in [0.25, 0.3) is 0 Å². The Balaban J connectivity index is 1.96. The first-order chi connectivity index (χ1) is 12.5. The Kier molecular flexibility index (Phi) is 6.92. The van der Waals surface area contributed by atoms with Gasteiger partial charge in [0.1, 0.15) is 19.0 Å². The predicted molar refractivity (Wildman–Crippen MR) is 95.6 cm³/mol. The summed E-state index contributed by atoms with van der Waals surface area (Å²) in [7, 11) is 0. The van der Waals surface area contributed by atoms with Crippen LogP contribution in [0.5, 0.6) is 5.75 Å². The minimum absolute atomic E-state index is 0.00512. The first-order valence-electron chi connectivity index (χ1n) is 8.01. The number of rotatable bonds is 9. The maximum atomic E-state index is 12.3. The molecule has 2 rings (SSSR count). The van der Waals surface area contributed by atoms with E-state index < -0.39 is 10.9 Å². The summed E-state index contributed by atoms with van der Waals surface area (Å²) in [5.74, 6) is -0.0473. The van der Waals surface area contributed by atoms with Gasteiger partial charge in [-0.2, -0.15) is 0 Å². The van der Waals surface area contributed by atoms with E-state index in [1.54, 1.807) is 0 Å². The monoisotopic (exact) mass is 360 g/mol. The Morgan fingerprint density at radius 1 is 1.19 bits per heavy atom. The number of aryl methyl sites for hydroxylation is 1. The second-order valence-corrected chi connectivity index (χ2v) is 5.43. The lowest BCUT2D eigenvalue weighted by Gasteiger charge is -2.11. The Morgan fingerprint density at radius 3 is 2.58 bits per heavy atom. The number of ether oxygens (including phenoxy) is 2. The van der Waals surface area contributed by atoms with E-state index in [4.69, 9.17) is 14.6 Å². The molecule has 0 aromatic heterocycles. The first kappa shape index (κ1) is 19.2. The smallest absolute Gasteiger partial charge is 0.340 e. The number of nitrogens with zero attached hydrogens (tertiary/aromatic N) is 1. The summed E-state index contributed by atoms with van der Waals surface area (Å²) in [6.07, 6.45) is 0. The van der Waals surface area contributed by atoms with E-state index in [9.17, 15) is 14.9 Å². The van der Waals surface area contributed by atoms with Crippen LogP contribution in [0.15, 0.2) is 42.5 Å². The third-order valence-corrected chi connectivity index (χ3v) is 3.47. The van der Waals surface area contributed by atoms with Gasteiger partial charge in [-0.1, -0.05) is 17.7 Å². The topological polar surface area (TPSA) is 111 Å². The molecule has 2 aromatic carbocycles. The van der Waals surface area contributed by atoms with Gasteiger partial charge in [-0.05, 0) is 25.1 Å². The lowest BCUT2D eigenvalue weighted by molar-refractivity contribution is -0.384. The standard InChI is InChI=1S/C18H20N2O6/c1-13-2-5-15(6-3-13)25-10-11-26-18(22)16-12-14(20(23)24)4-7-17(16)19-8-9-21/h2-7,12,19,21H,8-11H2,1H3. The molecule has 0 saturated carbocycles. The van der Waals surface area contributed by atoms with Crippen molar-refractivity contribution in [2.75, 3.05) is 31.7 Å². The molecule has 0 aliphatic carbocycles. The zero-order valence-corrected chi connectivity index (χ0v) is 14.3. The second kappa shape index (κ2) is 9.38. The lowest BCUT2D eigenvalue weighted by atomic mass is 10.1. The average Bonchev–Trinajstić information content (AvgIpc) is 2.64. The summed E-state index contributed by atoms with van der Waals surface area (Å²) >= 11 is 0. The molecule has 0 radical (unpaired) electrons. The van der Waals surface area contributed by atoms with Gasteiger partial charge >= 0.3 is 5.97 Å². The highest BCUT2D eigenvalue weighted by atomic mass is 16.6. The maximum absolute atomic E-state index is 12.3. The molecule has 0 bridgehead atoms. The highest BCUT2D eigenvalue weighted by molar-refractivity contribution is 5.96. The van der Waals surface area contributed by atoms with Crippen molar-refractivity contribution in [1.29, 1.82) is 0 Å². The highest BCUT2D eigenvalue weighted by Crippen LogP contribution is 2.23. The molecule has 0 aliphatic heterocycles. The zero-order chi connectivity index (χ0) is 18.9. The summed E-state index contributed by atoms with van der Waals surface area (Å²) < 4.78 is 10.6. The van der Waals surface area contributed by atoms with Crippen molar-refractivity contribution in [1.82, 2.24) is 0 Å². The van der Waals surface area contributed by atoms with Crippen molar-refractivity contribution in [2.24, 2.45) is 0 Å². The van der Waals surface area contributed by atoms with Gasteiger partial charge in [0.2, 0.25) is 0 Å². The number of carbonyl (C=O) groups is 1. The molecule has 8 heteroatoms. The van der Waals surface area contributed by atoms with Crippen LogP contribution in [0.2, 0.25) is 0 Å². The molecule has 2 N–H and O–H groups in total. The van der Waals surface area contributed by atoms with E-state index >= 15 is 0 Å². The minimum Gasteiger partial charge on any atom is -0.490 e. The quantitative estimate of drug-likeness (QED) is 0.306. The van der Waals surface area contributed by atoms with Crippen LogP contribution in [-0.2, 0) is 4.74 Å².